The fourth-order valence-electron chi connectivity index (χ4n) is 3.08. The summed E-state index contributed by atoms with van der Waals surface area (Å²) in [6.45, 7) is 0.790. The van der Waals surface area contributed by atoms with E-state index in [1.54, 1.807) is 23.1 Å². The van der Waals surface area contributed by atoms with Crippen molar-refractivity contribution in [2.75, 3.05) is 24.5 Å². The first kappa shape index (κ1) is 16.8. The van der Waals surface area contributed by atoms with E-state index in [0.29, 0.717) is 23.0 Å². The van der Waals surface area contributed by atoms with Gasteiger partial charge < -0.3 is 15.0 Å². The number of allylic oxidation sites excluding steroid dienone is 1. The molecule has 1 aliphatic carbocycles. The number of hydrogen-bond acceptors (Lipinski definition) is 4. The number of benzene rings is 1. The molecule has 1 N–H and O–H groups in total. The van der Waals surface area contributed by atoms with Crippen molar-refractivity contribution in [3.63, 3.8) is 0 Å². The molecule has 0 saturated heterocycles. The summed E-state index contributed by atoms with van der Waals surface area (Å²) in [6.07, 6.45) is 7.98. The van der Waals surface area contributed by atoms with Gasteiger partial charge in [0, 0.05) is 11.6 Å². The molecular weight excluding hydrogens is 328 g/mol. The Morgan fingerprint density at radius 2 is 2.21 bits per heavy atom. The maximum atomic E-state index is 12.2. The molecule has 6 heteroatoms. The van der Waals surface area contributed by atoms with E-state index in [0.717, 1.165) is 19.3 Å². The van der Waals surface area contributed by atoms with Crippen LogP contribution < -0.4 is 15.0 Å². The predicted molar refractivity (Wildman–Crippen MR) is 93.5 cm³/mol. The van der Waals surface area contributed by atoms with Crippen LogP contribution in [0.15, 0.2) is 29.8 Å². The van der Waals surface area contributed by atoms with Gasteiger partial charge in [0.15, 0.2) is 5.75 Å². The first-order chi connectivity index (χ1) is 11.6. The van der Waals surface area contributed by atoms with Crippen LogP contribution in [0, 0.1) is 0 Å². The Balaban J connectivity index is 1.55. The Kier molecular flexibility index (Phi) is 5.41. The lowest BCUT2D eigenvalue weighted by Gasteiger charge is -2.29. The number of nitrogens with one attached hydrogen (secondary N) is 1. The second kappa shape index (κ2) is 7.71. The number of nitrogens with zero attached hydrogens (tertiary/aromatic N) is 1. The van der Waals surface area contributed by atoms with E-state index in [1.165, 1.54) is 18.4 Å². The summed E-state index contributed by atoms with van der Waals surface area (Å²) < 4.78 is 5.18. The van der Waals surface area contributed by atoms with Crippen molar-refractivity contribution in [3.8, 4) is 5.75 Å². The van der Waals surface area contributed by atoms with Gasteiger partial charge in [-0.25, -0.2) is 4.79 Å². The van der Waals surface area contributed by atoms with Crippen molar-refractivity contribution in [3.05, 3.63) is 34.9 Å². The summed E-state index contributed by atoms with van der Waals surface area (Å²) in [6, 6.07) is 5.02. The topological polar surface area (TPSA) is 58.6 Å². The molecule has 1 amide bonds. The molecule has 0 fully saturated rings. The number of carbonyl (C=O) groups is 2. The van der Waals surface area contributed by atoms with E-state index in [-0.39, 0.29) is 25.0 Å². The highest BCUT2D eigenvalue weighted by atomic mass is 35.5. The van der Waals surface area contributed by atoms with Crippen LogP contribution >= 0.6 is 11.6 Å². The van der Waals surface area contributed by atoms with Crippen molar-refractivity contribution in [1.29, 1.82) is 0 Å². The minimum Gasteiger partial charge on any atom is -0.423 e. The first-order valence-corrected chi connectivity index (χ1v) is 8.69. The molecule has 1 aliphatic heterocycles. The van der Waals surface area contributed by atoms with Crippen LogP contribution in [-0.4, -0.2) is 31.5 Å². The van der Waals surface area contributed by atoms with E-state index in [9.17, 15) is 9.59 Å². The molecule has 0 unspecified atom stereocenters. The molecule has 2 aliphatic rings. The lowest BCUT2D eigenvalue weighted by Crippen LogP contribution is -2.43. The molecule has 1 aromatic carbocycles. The Morgan fingerprint density at radius 1 is 1.33 bits per heavy atom. The van der Waals surface area contributed by atoms with Crippen LogP contribution in [0.4, 0.5) is 5.69 Å². The fraction of sp³-hybridized carbons (Fsp3) is 0.444. The molecule has 0 radical (unpaired) electrons. The summed E-state index contributed by atoms with van der Waals surface area (Å²) in [5.74, 6) is -0.0344. The normalized spacial score (nSPS) is 17.0. The van der Waals surface area contributed by atoms with Gasteiger partial charge in [0.1, 0.15) is 6.54 Å². The molecule has 128 valence electrons. The van der Waals surface area contributed by atoms with E-state index in [4.69, 9.17) is 16.3 Å². The first-order valence-electron chi connectivity index (χ1n) is 8.31. The maximum absolute atomic E-state index is 12.2. The van der Waals surface area contributed by atoms with Gasteiger partial charge in [0.05, 0.1) is 12.2 Å². The van der Waals surface area contributed by atoms with E-state index in [2.05, 4.69) is 11.4 Å². The molecule has 0 atom stereocenters. The molecule has 5 nitrogen and oxygen atoms in total. The highest BCUT2D eigenvalue weighted by Gasteiger charge is 2.25. The number of fused-ring (bicyclic) bond motifs is 1. The molecule has 0 bridgehead atoms. The van der Waals surface area contributed by atoms with Crippen molar-refractivity contribution in [1.82, 2.24) is 5.32 Å². The number of rotatable bonds is 5. The zero-order valence-electron chi connectivity index (χ0n) is 13.5. The van der Waals surface area contributed by atoms with Gasteiger partial charge in [-0.05, 0) is 50.3 Å². The minimum atomic E-state index is -0.370. The van der Waals surface area contributed by atoms with Crippen LogP contribution in [0.1, 0.15) is 32.1 Å². The van der Waals surface area contributed by atoms with Crippen molar-refractivity contribution in [2.45, 2.75) is 32.1 Å². The number of carbonyl (C=O) groups excluding carboxylic acids is 2. The average molecular weight is 349 g/mol. The molecule has 0 aromatic heterocycles. The molecule has 1 heterocycles. The Bertz CT molecular complexity index is 672. The van der Waals surface area contributed by atoms with E-state index < -0.39 is 0 Å². The zero-order valence-corrected chi connectivity index (χ0v) is 14.3. The number of hydrogen-bond donors (Lipinski definition) is 1. The average Bonchev–Trinajstić information content (AvgIpc) is 2.56. The standard InChI is InChI=1S/C18H21ClN2O3/c19-14-6-7-16-15(10-14)21(12-18(23)24-16)11-17(22)20-9-8-13-4-2-1-3-5-13/h4,6-7,10H,1-3,5,8-9,11-12H2,(H,20,22). The maximum Gasteiger partial charge on any atom is 0.331 e. The monoisotopic (exact) mass is 348 g/mol. The van der Waals surface area contributed by atoms with E-state index >= 15 is 0 Å². The van der Waals surface area contributed by atoms with Crippen LogP contribution in [0.2, 0.25) is 5.02 Å². The van der Waals surface area contributed by atoms with Crippen LogP contribution in [0.25, 0.3) is 0 Å². The van der Waals surface area contributed by atoms with Crippen molar-refractivity contribution in [2.24, 2.45) is 0 Å². The largest absolute Gasteiger partial charge is 0.423 e. The predicted octanol–water partition coefficient (Wildman–Crippen LogP) is 3.07. The molecule has 0 saturated carbocycles. The number of amides is 1. The van der Waals surface area contributed by atoms with E-state index in [1.807, 2.05) is 0 Å². The van der Waals surface area contributed by atoms with Crippen LogP contribution in [0.5, 0.6) is 5.75 Å². The van der Waals surface area contributed by atoms with Gasteiger partial charge in [0.2, 0.25) is 5.91 Å². The fourth-order valence-corrected chi connectivity index (χ4v) is 3.25. The third-order valence-electron chi connectivity index (χ3n) is 4.29. The number of ether oxygens (including phenoxy) is 1. The Labute approximate surface area is 146 Å². The highest BCUT2D eigenvalue weighted by Crippen LogP contribution is 2.34. The van der Waals surface area contributed by atoms with Gasteiger partial charge in [0.25, 0.3) is 0 Å². The summed E-state index contributed by atoms with van der Waals surface area (Å²) in [7, 11) is 0. The molecule has 24 heavy (non-hydrogen) atoms. The summed E-state index contributed by atoms with van der Waals surface area (Å²) in [5.41, 5.74) is 2.10. The van der Waals surface area contributed by atoms with Gasteiger partial charge in [-0.15, -0.1) is 0 Å². The second-order valence-corrected chi connectivity index (χ2v) is 6.59. The SMILES string of the molecule is O=C(CN1CC(=O)Oc2ccc(Cl)cc21)NCCC1=CCCCC1. The second-order valence-electron chi connectivity index (χ2n) is 6.15. The molecule has 1 aromatic rings. The van der Waals surface area contributed by atoms with Crippen molar-refractivity contribution < 1.29 is 14.3 Å². The van der Waals surface area contributed by atoms with Gasteiger partial charge in [-0.3, -0.25) is 4.79 Å². The summed E-state index contributed by atoms with van der Waals surface area (Å²) in [5, 5.41) is 3.47. The van der Waals surface area contributed by atoms with Crippen molar-refractivity contribution >= 4 is 29.2 Å². The minimum absolute atomic E-state index is 0.0475. The van der Waals surface area contributed by atoms with Gasteiger partial charge >= 0.3 is 5.97 Å². The quantitative estimate of drug-likeness (QED) is 0.504. The lowest BCUT2D eigenvalue weighted by molar-refractivity contribution is -0.133. The number of esters is 1. The zero-order chi connectivity index (χ0) is 16.9. The molecule has 0 spiro atoms. The van der Waals surface area contributed by atoms with Crippen LogP contribution in [-0.2, 0) is 9.59 Å². The number of halogens is 1. The van der Waals surface area contributed by atoms with Gasteiger partial charge in [-0.2, -0.15) is 0 Å². The lowest BCUT2D eigenvalue weighted by atomic mass is 9.97. The summed E-state index contributed by atoms with van der Waals surface area (Å²) >= 11 is 6.01. The Hall–Kier alpha value is -2.01. The molecular formula is C18H21ClN2O3. The Morgan fingerprint density at radius 3 is 3.00 bits per heavy atom. The third-order valence-corrected chi connectivity index (χ3v) is 4.53. The summed E-state index contributed by atoms with van der Waals surface area (Å²) in [4.78, 5) is 25.6. The van der Waals surface area contributed by atoms with Crippen LogP contribution in [0.3, 0.4) is 0 Å². The molecule has 3 rings (SSSR count). The van der Waals surface area contributed by atoms with Gasteiger partial charge in [-0.1, -0.05) is 23.3 Å². The smallest absolute Gasteiger partial charge is 0.331 e. The highest BCUT2D eigenvalue weighted by molar-refractivity contribution is 6.31. The number of anilines is 1. The third kappa shape index (κ3) is 4.29.